The molecule has 0 radical (unpaired) electrons. The number of hydrogen-bond donors (Lipinski definition) is 0. The van der Waals surface area contributed by atoms with Crippen LogP contribution in [0.2, 0.25) is 0 Å². The number of nitrogens with zero attached hydrogens (tertiary/aromatic N) is 6. The molecule has 1 fully saturated rings. The molecular weight excluding hydrogens is 364 g/mol. The standard InChI is InChI=1S/C22H20N6O/c29-22(18-9-5-2-6-10-18)27-15-13-26(14-16-27)20-12-11-19-23-24-21(28(19)25-20)17-7-3-1-4-8-17/h1-12H,13-16H2. The van der Waals surface area contributed by atoms with E-state index in [1.807, 2.05) is 77.7 Å². The van der Waals surface area contributed by atoms with E-state index in [-0.39, 0.29) is 5.91 Å². The molecule has 0 atom stereocenters. The molecule has 29 heavy (non-hydrogen) atoms. The van der Waals surface area contributed by atoms with Crippen LogP contribution in [-0.4, -0.2) is 56.8 Å². The summed E-state index contributed by atoms with van der Waals surface area (Å²) in [5.41, 5.74) is 2.42. The van der Waals surface area contributed by atoms with E-state index >= 15 is 0 Å². The lowest BCUT2D eigenvalue weighted by atomic mass is 10.2. The molecule has 144 valence electrons. The van der Waals surface area contributed by atoms with E-state index < -0.39 is 0 Å². The molecule has 0 spiro atoms. The predicted octanol–water partition coefficient (Wildman–Crippen LogP) is 2.75. The molecule has 4 aromatic rings. The summed E-state index contributed by atoms with van der Waals surface area (Å²) >= 11 is 0. The van der Waals surface area contributed by atoms with Gasteiger partial charge in [0.1, 0.15) is 5.82 Å². The van der Waals surface area contributed by atoms with Gasteiger partial charge in [-0.3, -0.25) is 4.79 Å². The van der Waals surface area contributed by atoms with Crippen molar-refractivity contribution in [2.45, 2.75) is 0 Å². The SMILES string of the molecule is O=C(c1ccccc1)N1CCN(c2ccc3nnc(-c4ccccc4)n3n2)CC1. The highest BCUT2D eigenvalue weighted by atomic mass is 16.2. The molecule has 2 aromatic heterocycles. The molecule has 3 heterocycles. The van der Waals surface area contributed by atoms with Crippen LogP contribution in [0, 0.1) is 0 Å². The van der Waals surface area contributed by atoms with E-state index in [0.29, 0.717) is 18.7 Å². The molecule has 2 aromatic carbocycles. The highest BCUT2D eigenvalue weighted by Crippen LogP contribution is 2.20. The van der Waals surface area contributed by atoms with Crippen molar-refractivity contribution >= 4 is 17.4 Å². The fourth-order valence-corrected chi connectivity index (χ4v) is 3.62. The fourth-order valence-electron chi connectivity index (χ4n) is 3.62. The Hall–Kier alpha value is -3.74. The third-order valence-electron chi connectivity index (χ3n) is 5.19. The molecule has 0 aliphatic carbocycles. The van der Waals surface area contributed by atoms with Crippen LogP contribution in [0.25, 0.3) is 17.0 Å². The first-order valence-electron chi connectivity index (χ1n) is 9.67. The van der Waals surface area contributed by atoms with Gasteiger partial charge in [0.2, 0.25) is 0 Å². The summed E-state index contributed by atoms with van der Waals surface area (Å²) in [5.74, 6) is 1.67. The predicted molar refractivity (Wildman–Crippen MR) is 111 cm³/mol. The number of carbonyl (C=O) groups is 1. The van der Waals surface area contributed by atoms with Crippen LogP contribution in [0.1, 0.15) is 10.4 Å². The van der Waals surface area contributed by atoms with Gasteiger partial charge in [0, 0.05) is 37.3 Å². The van der Waals surface area contributed by atoms with Gasteiger partial charge in [-0.1, -0.05) is 48.5 Å². The van der Waals surface area contributed by atoms with Gasteiger partial charge in [0.15, 0.2) is 11.5 Å². The van der Waals surface area contributed by atoms with E-state index in [9.17, 15) is 4.79 Å². The average molecular weight is 384 g/mol. The topological polar surface area (TPSA) is 66.6 Å². The minimum absolute atomic E-state index is 0.0823. The number of aromatic nitrogens is 4. The maximum atomic E-state index is 12.7. The Morgan fingerprint density at radius 2 is 1.45 bits per heavy atom. The molecule has 1 amide bonds. The van der Waals surface area contributed by atoms with E-state index in [2.05, 4.69) is 15.1 Å². The van der Waals surface area contributed by atoms with Crippen molar-refractivity contribution in [2.75, 3.05) is 31.1 Å². The van der Waals surface area contributed by atoms with Crippen LogP contribution in [0.15, 0.2) is 72.8 Å². The molecule has 0 saturated carbocycles. The second-order valence-electron chi connectivity index (χ2n) is 7.00. The van der Waals surface area contributed by atoms with Crippen molar-refractivity contribution in [1.82, 2.24) is 24.7 Å². The van der Waals surface area contributed by atoms with Crippen molar-refractivity contribution < 1.29 is 4.79 Å². The number of carbonyl (C=O) groups excluding carboxylic acids is 1. The number of fused-ring (bicyclic) bond motifs is 1. The quantitative estimate of drug-likeness (QED) is 0.543. The van der Waals surface area contributed by atoms with Gasteiger partial charge in [-0.25, -0.2) is 0 Å². The number of rotatable bonds is 3. The van der Waals surface area contributed by atoms with Gasteiger partial charge < -0.3 is 9.80 Å². The Kier molecular flexibility index (Phi) is 4.40. The summed E-state index contributed by atoms with van der Waals surface area (Å²) in [6.07, 6.45) is 0. The van der Waals surface area contributed by atoms with Gasteiger partial charge in [-0.2, -0.15) is 4.52 Å². The maximum absolute atomic E-state index is 12.7. The first-order valence-corrected chi connectivity index (χ1v) is 9.67. The molecule has 7 heteroatoms. The Labute approximate surface area is 168 Å². The Morgan fingerprint density at radius 3 is 2.17 bits per heavy atom. The number of piperazine rings is 1. The van der Waals surface area contributed by atoms with Crippen molar-refractivity contribution in [3.63, 3.8) is 0 Å². The van der Waals surface area contributed by atoms with E-state index in [1.165, 1.54) is 0 Å². The third-order valence-corrected chi connectivity index (χ3v) is 5.19. The Balaban J connectivity index is 1.35. The van der Waals surface area contributed by atoms with Gasteiger partial charge in [-0.15, -0.1) is 15.3 Å². The van der Waals surface area contributed by atoms with E-state index in [0.717, 1.165) is 35.9 Å². The van der Waals surface area contributed by atoms with Crippen molar-refractivity contribution in [3.8, 4) is 11.4 Å². The first-order chi connectivity index (χ1) is 14.3. The molecule has 0 N–H and O–H groups in total. The monoisotopic (exact) mass is 384 g/mol. The van der Waals surface area contributed by atoms with Crippen LogP contribution in [0.4, 0.5) is 5.82 Å². The van der Waals surface area contributed by atoms with Crippen molar-refractivity contribution in [2.24, 2.45) is 0 Å². The lowest BCUT2D eigenvalue weighted by Crippen LogP contribution is -2.49. The molecule has 1 aliphatic heterocycles. The van der Waals surface area contributed by atoms with Crippen LogP contribution < -0.4 is 4.90 Å². The Bertz CT molecular complexity index is 1130. The largest absolute Gasteiger partial charge is 0.352 e. The summed E-state index contributed by atoms with van der Waals surface area (Å²) in [4.78, 5) is 16.8. The third kappa shape index (κ3) is 3.31. The molecule has 7 nitrogen and oxygen atoms in total. The summed E-state index contributed by atoms with van der Waals surface area (Å²) in [7, 11) is 0. The zero-order chi connectivity index (χ0) is 19.6. The van der Waals surface area contributed by atoms with Crippen LogP contribution >= 0.6 is 0 Å². The van der Waals surface area contributed by atoms with Gasteiger partial charge in [0.05, 0.1) is 0 Å². The van der Waals surface area contributed by atoms with Crippen LogP contribution in [-0.2, 0) is 0 Å². The summed E-state index contributed by atoms with van der Waals surface area (Å²) in [6, 6.07) is 23.3. The zero-order valence-electron chi connectivity index (χ0n) is 15.8. The lowest BCUT2D eigenvalue weighted by molar-refractivity contribution is 0.0746. The van der Waals surface area contributed by atoms with Gasteiger partial charge >= 0.3 is 0 Å². The number of hydrogen-bond acceptors (Lipinski definition) is 5. The van der Waals surface area contributed by atoms with E-state index in [4.69, 9.17) is 5.10 Å². The van der Waals surface area contributed by atoms with Gasteiger partial charge in [0.25, 0.3) is 5.91 Å². The number of amides is 1. The maximum Gasteiger partial charge on any atom is 0.253 e. The minimum Gasteiger partial charge on any atom is -0.352 e. The molecule has 0 bridgehead atoms. The highest BCUT2D eigenvalue weighted by Gasteiger charge is 2.23. The van der Waals surface area contributed by atoms with Crippen molar-refractivity contribution in [1.29, 1.82) is 0 Å². The first kappa shape index (κ1) is 17.4. The minimum atomic E-state index is 0.0823. The highest BCUT2D eigenvalue weighted by molar-refractivity contribution is 5.94. The molecule has 0 unspecified atom stereocenters. The zero-order valence-corrected chi connectivity index (χ0v) is 15.8. The van der Waals surface area contributed by atoms with Crippen LogP contribution in [0.3, 0.4) is 0 Å². The second-order valence-corrected chi connectivity index (χ2v) is 7.00. The normalized spacial score (nSPS) is 14.3. The molecule has 1 aliphatic rings. The van der Waals surface area contributed by atoms with Crippen LogP contribution in [0.5, 0.6) is 0 Å². The van der Waals surface area contributed by atoms with E-state index in [1.54, 1.807) is 4.52 Å². The van der Waals surface area contributed by atoms with Crippen molar-refractivity contribution in [3.05, 3.63) is 78.4 Å². The lowest BCUT2D eigenvalue weighted by Gasteiger charge is -2.35. The smallest absolute Gasteiger partial charge is 0.253 e. The number of benzene rings is 2. The second kappa shape index (κ2) is 7.35. The summed E-state index contributed by atoms with van der Waals surface area (Å²) in [6.45, 7) is 2.81. The van der Waals surface area contributed by atoms with Gasteiger partial charge in [-0.05, 0) is 24.3 Å². The average Bonchev–Trinajstić information content (AvgIpc) is 3.23. The molecule has 1 saturated heterocycles. The molecule has 5 rings (SSSR count). The number of anilines is 1. The summed E-state index contributed by atoms with van der Waals surface area (Å²) < 4.78 is 1.78. The molecular formula is C22H20N6O. The fraction of sp³-hybridized carbons (Fsp3) is 0.182. The Morgan fingerprint density at radius 1 is 0.759 bits per heavy atom. The summed E-state index contributed by atoms with van der Waals surface area (Å²) in [5, 5.41) is 13.3.